The van der Waals surface area contributed by atoms with Crippen LogP contribution in [0, 0.1) is 0 Å². The van der Waals surface area contributed by atoms with Gasteiger partial charge >= 0.3 is 0 Å². The van der Waals surface area contributed by atoms with Gasteiger partial charge in [0.1, 0.15) is 0 Å². The Balaban J connectivity index is 1.89. The number of rotatable bonds is 4. The van der Waals surface area contributed by atoms with Crippen molar-refractivity contribution in [2.45, 2.75) is 25.4 Å². The van der Waals surface area contributed by atoms with Gasteiger partial charge in [-0.2, -0.15) is 0 Å². The molecule has 5 nitrogen and oxygen atoms in total. The maximum absolute atomic E-state index is 12.0. The van der Waals surface area contributed by atoms with Gasteiger partial charge in [0.15, 0.2) is 6.10 Å². The minimum absolute atomic E-state index is 0.121. The number of nitrogens with zero attached hydrogens (tertiary/aromatic N) is 1. The quantitative estimate of drug-likeness (QED) is 0.879. The lowest BCUT2D eigenvalue weighted by atomic mass is 10.1. The summed E-state index contributed by atoms with van der Waals surface area (Å²) in [5, 5.41) is 13.1. The Kier molecular flexibility index (Phi) is 6.06. The molecule has 1 aliphatic heterocycles. The van der Waals surface area contributed by atoms with E-state index in [-0.39, 0.29) is 12.5 Å². The predicted octanol–water partition coefficient (Wildman–Crippen LogP) is 2.16. The molecular weight excluding hydrogens is 327 g/mol. The summed E-state index contributed by atoms with van der Waals surface area (Å²) in [6.07, 6.45) is 1.70. The summed E-state index contributed by atoms with van der Waals surface area (Å²) in [5.74, 6) is -0.784. The van der Waals surface area contributed by atoms with Crippen LogP contribution in [0.5, 0.6) is 0 Å². The normalized spacial score (nSPS) is 16.2. The number of likely N-dealkylation sites (tertiary alicyclic amines) is 1. The molecule has 1 atom stereocenters. The Morgan fingerprint density at radius 1 is 1.14 bits per heavy atom. The Labute approximate surface area is 139 Å². The highest BCUT2D eigenvalue weighted by Crippen LogP contribution is 2.23. The van der Waals surface area contributed by atoms with Crippen molar-refractivity contribution in [3.63, 3.8) is 0 Å². The summed E-state index contributed by atoms with van der Waals surface area (Å²) in [4.78, 5) is 25.6. The number of aliphatic hydroxyl groups excluding tert-OH is 1. The number of piperidine rings is 1. The molecule has 0 radical (unpaired) electrons. The third-order valence-corrected chi connectivity index (χ3v) is 4.01. The highest BCUT2D eigenvalue weighted by molar-refractivity contribution is 6.34. The minimum Gasteiger partial charge on any atom is -0.378 e. The van der Waals surface area contributed by atoms with Gasteiger partial charge in [0, 0.05) is 23.1 Å². The van der Waals surface area contributed by atoms with Crippen LogP contribution in [0.25, 0.3) is 0 Å². The molecule has 1 aromatic carbocycles. The zero-order chi connectivity index (χ0) is 16.1. The Hall–Kier alpha value is -1.30. The molecule has 2 rings (SSSR count). The Morgan fingerprint density at radius 2 is 1.73 bits per heavy atom. The highest BCUT2D eigenvalue weighted by Gasteiger charge is 2.21. The molecule has 1 heterocycles. The van der Waals surface area contributed by atoms with E-state index < -0.39 is 12.0 Å². The van der Waals surface area contributed by atoms with Gasteiger partial charge in [0.25, 0.3) is 5.91 Å². The molecule has 0 unspecified atom stereocenters. The standard InChI is InChI=1S/C15H18Cl2N2O3/c16-11-6-10(7-12(17)8-11)14(21)15(22)18-9-13(20)19-4-2-1-3-5-19/h6-8,14,21H,1-5,9H2,(H,18,22)/t14-/m1/s1. The van der Waals surface area contributed by atoms with Crippen LogP contribution in [0.4, 0.5) is 0 Å². The SMILES string of the molecule is O=C(NCC(=O)N1CCCCC1)[C@H](O)c1cc(Cl)cc(Cl)c1. The van der Waals surface area contributed by atoms with E-state index in [9.17, 15) is 14.7 Å². The minimum atomic E-state index is -1.41. The van der Waals surface area contributed by atoms with Crippen molar-refractivity contribution in [2.75, 3.05) is 19.6 Å². The van der Waals surface area contributed by atoms with E-state index in [2.05, 4.69) is 5.32 Å². The van der Waals surface area contributed by atoms with Gasteiger partial charge in [-0.3, -0.25) is 9.59 Å². The van der Waals surface area contributed by atoms with E-state index in [0.717, 1.165) is 32.4 Å². The summed E-state index contributed by atoms with van der Waals surface area (Å²) < 4.78 is 0. The van der Waals surface area contributed by atoms with E-state index in [1.54, 1.807) is 4.90 Å². The first-order valence-electron chi connectivity index (χ1n) is 7.17. The zero-order valence-corrected chi connectivity index (χ0v) is 13.5. The highest BCUT2D eigenvalue weighted by atomic mass is 35.5. The van der Waals surface area contributed by atoms with Crippen molar-refractivity contribution >= 4 is 35.0 Å². The average molecular weight is 345 g/mol. The molecule has 0 bridgehead atoms. The molecule has 2 N–H and O–H groups in total. The van der Waals surface area contributed by atoms with Crippen LogP contribution in [-0.4, -0.2) is 41.5 Å². The summed E-state index contributed by atoms with van der Waals surface area (Å²) >= 11 is 11.7. The van der Waals surface area contributed by atoms with Gasteiger partial charge in [-0.05, 0) is 43.0 Å². The number of aliphatic hydroxyl groups is 1. The lowest BCUT2D eigenvalue weighted by Gasteiger charge is -2.26. The lowest BCUT2D eigenvalue weighted by Crippen LogP contribution is -2.43. The van der Waals surface area contributed by atoms with Crippen LogP contribution < -0.4 is 5.32 Å². The van der Waals surface area contributed by atoms with Crippen molar-refractivity contribution in [2.24, 2.45) is 0 Å². The van der Waals surface area contributed by atoms with Crippen LogP contribution in [0.15, 0.2) is 18.2 Å². The molecule has 0 spiro atoms. The van der Waals surface area contributed by atoms with Crippen LogP contribution in [0.2, 0.25) is 10.0 Å². The number of halogens is 2. The number of carbonyl (C=O) groups is 2. The predicted molar refractivity (Wildman–Crippen MR) is 84.9 cm³/mol. The molecule has 2 amide bonds. The fraction of sp³-hybridized carbons (Fsp3) is 0.467. The van der Waals surface area contributed by atoms with Crippen molar-refractivity contribution in [1.29, 1.82) is 0 Å². The summed E-state index contributed by atoms with van der Waals surface area (Å²) in [6.45, 7) is 1.33. The molecule has 0 aliphatic carbocycles. The van der Waals surface area contributed by atoms with Crippen LogP contribution in [0.1, 0.15) is 30.9 Å². The number of benzene rings is 1. The second-order valence-corrected chi connectivity index (χ2v) is 6.14. The van der Waals surface area contributed by atoms with Crippen LogP contribution >= 0.6 is 23.2 Å². The van der Waals surface area contributed by atoms with E-state index in [4.69, 9.17) is 23.2 Å². The monoisotopic (exact) mass is 344 g/mol. The van der Waals surface area contributed by atoms with Gasteiger partial charge in [-0.25, -0.2) is 0 Å². The van der Waals surface area contributed by atoms with E-state index in [1.807, 2.05) is 0 Å². The van der Waals surface area contributed by atoms with E-state index in [1.165, 1.54) is 18.2 Å². The third-order valence-electron chi connectivity index (χ3n) is 3.57. The van der Waals surface area contributed by atoms with Gasteiger partial charge in [0.2, 0.25) is 5.91 Å². The lowest BCUT2D eigenvalue weighted by molar-refractivity contribution is -0.136. The van der Waals surface area contributed by atoms with Crippen LogP contribution in [0.3, 0.4) is 0 Å². The molecule has 1 aromatic rings. The maximum atomic E-state index is 12.0. The van der Waals surface area contributed by atoms with Gasteiger partial charge < -0.3 is 15.3 Å². The first kappa shape index (κ1) is 17.1. The largest absolute Gasteiger partial charge is 0.378 e. The van der Waals surface area contributed by atoms with Crippen molar-refractivity contribution in [3.8, 4) is 0 Å². The number of carbonyl (C=O) groups excluding carboxylic acids is 2. The zero-order valence-electron chi connectivity index (χ0n) is 12.0. The average Bonchev–Trinajstić information content (AvgIpc) is 2.51. The fourth-order valence-corrected chi connectivity index (χ4v) is 2.94. The molecule has 120 valence electrons. The van der Waals surface area contributed by atoms with Gasteiger partial charge in [0.05, 0.1) is 6.54 Å². The smallest absolute Gasteiger partial charge is 0.253 e. The maximum Gasteiger partial charge on any atom is 0.253 e. The van der Waals surface area contributed by atoms with Crippen LogP contribution in [-0.2, 0) is 9.59 Å². The van der Waals surface area contributed by atoms with Crippen molar-refractivity contribution < 1.29 is 14.7 Å². The first-order valence-corrected chi connectivity index (χ1v) is 7.92. The number of hydrogen-bond acceptors (Lipinski definition) is 3. The number of amides is 2. The molecule has 0 saturated carbocycles. The van der Waals surface area contributed by atoms with E-state index in [0.29, 0.717) is 15.6 Å². The molecular formula is C15H18Cl2N2O3. The summed E-state index contributed by atoms with van der Waals surface area (Å²) in [5.41, 5.74) is 0.292. The van der Waals surface area contributed by atoms with Crippen molar-refractivity contribution in [3.05, 3.63) is 33.8 Å². The molecule has 7 heteroatoms. The third kappa shape index (κ3) is 4.60. The Morgan fingerprint density at radius 3 is 2.32 bits per heavy atom. The summed E-state index contributed by atoms with van der Waals surface area (Å²) in [6, 6.07) is 4.44. The van der Waals surface area contributed by atoms with E-state index >= 15 is 0 Å². The topological polar surface area (TPSA) is 69.6 Å². The fourth-order valence-electron chi connectivity index (χ4n) is 2.40. The second-order valence-electron chi connectivity index (χ2n) is 5.26. The first-order chi connectivity index (χ1) is 10.5. The molecule has 22 heavy (non-hydrogen) atoms. The van der Waals surface area contributed by atoms with Crippen molar-refractivity contribution in [1.82, 2.24) is 10.2 Å². The van der Waals surface area contributed by atoms with Gasteiger partial charge in [-0.15, -0.1) is 0 Å². The van der Waals surface area contributed by atoms with Gasteiger partial charge in [-0.1, -0.05) is 23.2 Å². The molecule has 0 aromatic heterocycles. The molecule has 1 saturated heterocycles. The number of nitrogens with one attached hydrogen (secondary N) is 1. The second kappa shape index (κ2) is 7.81. The Bertz CT molecular complexity index is 539. The molecule has 1 fully saturated rings. The number of hydrogen-bond donors (Lipinski definition) is 2. The molecule has 1 aliphatic rings. The summed E-state index contributed by atoms with van der Waals surface area (Å²) in [7, 11) is 0.